The Morgan fingerprint density at radius 2 is 2.03 bits per heavy atom. The molecule has 1 aliphatic heterocycles. The van der Waals surface area contributed by atoms with Gasteiger partial charge in [0, 0.05) is 37.3 Å². The highest BCUT2D eigenvalue weighted by molar-refractivity contribution is 6.31. The summed E-state index contributed by atoms with van der Waals surface area (Å²) in [6.45, 7) is 5.18. The van der Waals surface area contributed by atoms with E-state index in [0.717, 1.165) is 30.1 Å². The molecule has 2 aromatic rings. The molecule has 2 heterocycles. The van der Waals surface area contributed by atoms with E-state index >= 15 is 0 Å². The summed E-state index contributed by atoms with van der Waals surface area (Å²) in [5.41, 5.74) is 1.60. The van der Waals surface area contributed by atoms with Crippen LogP contribution in [0.15, 0.2) is 46.0 Å². The van der Waals surface area contributed by atoms with Gasteiger partial charge in [0.1, 0.15) is 5.76 Å². The first-order valence-corrected chi connectivity index (χ1v) is 10.7. The molecule has 0 aliphatic carbocycles. The summed E-state index contributed by atoms with van der Waals surface area (Å²) < 4.78 is 5.66. The SMILES string of the molecule is CN=C(NCCC(=O)Nc1cccc(Cl)c1C)NCC(c1ccco1)N1CCCC1. The third-order valence-corrected chi connectivity index (χ3v) is 5.74. The quantitative estimate of drug-likeness (QED) is 0.439. The molecule has 7 nitrogen and oxygen atoms in total. The second-order valence-electron chi connectivity index (χ2n) is 7.36. The second-order valence-corrected chi connectivity index (χ2v) is 7.77. The average Bonchev–Trinajstić information content (AvgIpc) is 3.45. The van der Waals surface area contributed by atoms with E-state index in [9.17, 15) is 4.79 Å². The summed E-state index contributed by atoms with van der Waals surface area (Å²) in [4.78, 5) is 19.0. The molecule has 0 saturated carbocycles. The Balaban J connectivity index is 1.46. The van der Waals surface area contributed by atoms with Crippen molar-refractivity contribution >= 4 is 29.2 Å². The Morgan fingerprint density at radius 1 is 1.23 bits per heavy atom. The predicted molar refractivity (Wildman–Crippen MR) is 121 cm³/mol. The van der Waals surface area contributed by atoms with Gasteiger partial charge < -0.3 is 20.4 Å². The maximum atomic E-state index is 12.3. The molecule has 1 atom stereocenters. The number of halogens is 1. The minimum atomic E-state index is -0.0751. The molecule has 0 bridgehead atoms. The van der Waals surface area contributed by atoms with Crippen molar-refractivity contribution in [2.24, 2.45) is 4.99 Å². The fraction of sp³-hybridized carbons (Fsp3) is 0.455. The number of carbonyl (C=O) groups excluding carboxylic acids is 1. The van der Waals surface area contributed by atoms with Crippen LogP contribution in [0, 0.1) is 6.92 Å². The molecule has 3 rings (SSSR count). The Bertz CT molecular complexity index is 847. The lowest BCUT2D eigenvalue weighted by Gasteiger charge is -2.26. The number of nitrogens with one attached hydrogen (secondary N) is 3. The molecule has 8 heteroatoms. The van der Waals surface area contributed by atoms with Gasteiger partial charge in [-0.1, -0.05) is 17.7 Å². The molecule has 1 unspecified atom stereocenters. The lowest BCUT2D eigenvalue weighted by atomic mass is 10.2. The molecule has 0 spiro atoms. The van der Waals surface area contributed by atoms with Crippen LogP contribution in [0.3, 0.4) is 0 Å². The van der Waals surface area contributed by atoms with Crippen LogP contribution in [-0.2, 0) is 4.79 Å². The van der Waals surface area contributed by atoms with Crippen molar-refractivity contribution in [1.29, 1.82) is 0 Å². The number of anilines is 1. The van der Waals surface area contributed by atoms with Crippen LogP contribution in [0.4, 0.5) is 5.69 Å². The van der Waals surface area contributed by atoms with Gasteiger partial charge in [-0.3, -0.25) is 14.7 Å². The third kappa shape index (κ3) is 6.00. The number of furan rings is 1. The number of carbonyl (C=O) groups is 1. The van der Waals surface area contributed by atoms with Crippen molar-refractivity contribution in [3.63, 3.8) is 0 Å². The summed E-state index contributed by atoms with van der Waals surface area (Å²) in [5, 5.41) is 10.1. The number of aliphatic imine (C=N–C) groups is 1. The molecule has 0 radical (unpaired) electrons. The number of benzene rings is 1. The fourth-order valence-electron chi connectivity index (χ4n) is 3.61. The first-order chi connectivity index (χ1) is 14.6. The van der Waals surface area contributed by atoms with Gasteiger partial charge in [-0.15, -0.1) is 0 Å². The van der Waals surface area contributed by atoms with Crippen molar-refractivity contribution < 1.29 is 9.21 Å². The fourth-order valence-corrected chi connectivity index (χ4v) is 3.78. The average molecular weight is 432 g/mol. The predicted octanol–water partition coefficient (Wildman–Crippen LogP) is 3.57. The van der Waals surface area contributed by atoms with Crippen LogP contribution in [-0.4, -0.2) is 50.0 Å². The molecular weight excluding hydrogens is 402 g/mol. The molecule has 1 saturated heterocycles. The van der Waals surface area contributed by atoms with E-state index in [0.29, 0.717) is 30.5 Å². The molecule has 1 fully saturated rings. The molecule has 1 amide bonds. The number of rotatable bonds is 8. The summed E-state index contributed by atoms with van der Waals surface area (Å²) in [6.07, 6.45) is 4.46. The van der Waals surface area contributed by atoms with Gasteiger partial charge in [0.15, 0.2) is 5.96 Å². The van der Waals surface area contributed by atoms with Gasteiger partial charge >= 0.3 is 0 Å². The van der Waals surface area contributed by atoms with Crippen LogP contribution in [0.5, 0.6) is 0 Å². The zero-order chi connectivity index (χ0) is 21.3. The summed E-state index contributed by atoms with van der Waals surface area (Å²) in [7, 11) is 1.72. The van der Waals surface area contributed by atoms with Gasteiger partial charge in [0.25, 0.3) is 0 Å². The Kier molecular flexibility index (Phi) is 8.16. The van der Waals surface area contributed by atoms with Crippen molar-refractivity contribution in [2.45, 2.75) is 32.2 Å². The van der Waals surface area contributed by atoms with Crippen LogP contribution < -0.4 is 16.0 Å². The van der Waals surface area contributed by atoms with Crippen molar-refractivity contribution in [3.8, 4) is 0 Å². The number of likely N-dealkylation sites (tertiary alicyclic amines) is 1. The molecular formula is C22H30ClN5O2. The smallest absolute Gasteiger partial charge is 0.226 e. The first-order valence-electron chi connectivity index (χ1n) is 10.4. The Morgan fingerprint density at radius 3 is 2.73 bits per heavy atom. The van der Waals surface area contributed by atoms with Crippen LogP contribution in [0.1, 0.15) is 36.6 Å². The second kappa shape index (κ2) is 11.0. The van der Waals surface area contributed by atoms with Gasteiger partial charge in [-0.05, 0) is 62.7 Å². The van der Waals surface area contributed by atoms with E-state index in [1.54, 1.807) is 13.3 Å². The van der Waals surface area contributed by atoms with Crippen LogP contribution in [0.25, 0.3) is 0 Å². The lowest BCUT2D eigenvalue weighted by Crippen LogP contribution is -2.43. The number of nitrogens with zero attached hydrogens (tertiary/aromatic N) is 2. The molecule has 1 aromatic carbocycles. The molecule has 3 N–H and O–H groups in total. The third-order valence-electron chi connectivity index (χ3n) is 5.33. The van der Waals surface area contributed by atoms with E-state index in [-0.39, 0.29) is 11.9 Å². The first kappa shape index (κ1) is 22.2. The van der Waals surface area contributed by atoms with Crippen LogP contribution in [0.2, 0.25) is 5.02 Å². The molecule has 1 aromatic heterocycles. The lowest BCUT2D eigenvalue weighted by molar-refractivity contribution is -0.116. The van der Waals surface area contributed by atoms with Gasteiger partial charge in [0.2, 0.25) is 5.91 Å². The summed E-state index contributed by atoms with van der Waals surface area (Å²) in [6, 6.07) is 9.58. The van der Waals surface area contributed by atoms with Crippen molar-refractivity contribution in [1.82, 2.24) is 15.5 Å². The zero-order valence-electron chi connectivity index (χ0n) is 17.6. The minimum Gasteiger partial charge on any atom is -0.468 e. The Labute approximate surface area is 182 Å². The molecule has 1 aliphatic rings. The van der Waals surface area contributed by atoms with Gasteiger partial charge in [0.05, 0.1) is 12.3 Å². The van der Waals surface area contributed by atoms with Crippen LogP contribution >= 0.6 is 11.6 Å². The summed E-state index contributed by atoms with van der Waals surface area (Å²) in [5.74, 6) is 1.54. The van der Waals surface area contributed by atoms with E-state index in [1.165, 1.54) is 12.8 Å². The number of hydrogen-bond donors (Lipinski definition) is 3. The highest BCUT2D eigenvalue weighted by atomic mass is 35.5. The van der Waals surface area contributed by atoms with Crippen molar-refractivity contribution in [3.05, 3.63) is 52.9 Å². The maximum Gasteiger partial charge on any atom is 0.226 e. The monoisotopic (exact) mass is 431 g/mol. The van der Waals surface area contributed by atoms with Gasteiger partial charge in [-0.2, -0.15) is 0 Å². The standard InChI is InChI=1S/C22H30ClN5O2/c1-16-17(23)7-5-8-18(16)27-21(29)10-11-25-22(24-2)26-15-19(20-9-6-14-30-20)28-12-3-4-13-28/h5-9,14,19H,3-4,10-13,15H2,1-2H3,(H,27,29)(H2,24,25,26). The minimum absolute atomic E-state index is 0.0751. The van der Waals surface area contributed by atoms with Gasteiger partial charge in [-0.25, -0.2) is 0 Å². The number of hydrogen-bond acceptors (Lipinski definition) is 4. The largest absolute Gasteiger partial charge is 0.468 e. The topological polar surface area (TPSA) is 81.9 Å². The highest BCUT2D eigenvalue weighted by Crippen LogP contribution is 2.25. The Hall–Kier alpha value is -2.51. The number of guanidine groups is 1. The normalized spacial score (nSPS) is 15.8. The molecule has 162 valence electrons. The highest BCUT2D eigenvalue weighted by Gasteiger charge is 2.25. The number of amides is 1. The molecule has 30 heavy (non-hydrogen) atoms. The van der Waals surface area contributed by atoms with E-state index in [4.69, 9.17) is 16.0 Å². The zero-order valence-corrected chi connectivity index (χ0v) is 18.3. The van der Waals surface area contributed by atoms with E-state index in [1.807, 2.05) is 37.3 Å². The maximum absolute atomic E-state index is 12.3. The van der Waals surface area contributed by atoms with Crippen molar-refractivity contribution in [2.75, 3.05) is 38.5 Å². The van der Waals surface area contributed by atoms with E-state index in [2.05, 4.69) is 25.8 Å². The van der Waals surface area contributed by atoms with E-state index < -0.39 is 0 Å². The summed E-state index contributed by atoms with van der Waals surface area (Å²) >= 11 is 6.11.